The van der Waals surface area contributed by atoms with Gasteiger partial charge in [0.15, 0.2) is 5.79 Å². The number of ether oxygens (including phenoxy) is 13. The second-order valence-electron chi connectivity index (χ2n) is 25.1. The summed E-state index contributed by atoms with van der Waals surface area (Å²) in [5, 5.41) is 36.2. The summed E-state index contributed by atoms with van der Waals surface area (Å²) >= 11 is 0. The van der Waals surface area contributed by atoms with Crippen LogP contribution in [0.15, 0.2) is 73.4 Å². The SMILES string of the molecule is C=C/C=C/C1C=CC[C@@H]2O[C@@H]3C[C@@H]4O[C@@H]5C=C[C@@H]6O[C@@H]7C[C@@H](O)[C@]8(C)O[C@@H]9C[C@H](C)C[C@@H]%10O[C@@H]%11[C@@H](C)[C@H](O)[C@@H]%12O[C@]%13(CCCO%13)[C@@H](C)[C@H](C)[C@H]%12O[C@H]%11C[C@H]%10O[C@H]9C[C@H]8O[C@H]7C/C=C\C[C@H]6O[C@H]5C=C[C@H]4O[C@H]3[C@H](O)[C@H]2O1. The summed E-state index contributed by atoms with van der Waals surface area (Å²) < 4.78 is 89.5. The summed E-state index contributed by atoms with van der Waals surface area (Å²) in [6.45, 7) is 15.2. The van der Waals surface area contributed by atoms with E-state index in [1.165, 1.54) is 0 Å². The molecule has 13 rings (SSSR count). The van der Waals surface area contributed by atoms with Gasteiger partial charge < -0.3 is 76.9 Å². The first-order chi connectivity index (χ1) is 36.8. The molecular weight excluding hydrogens is 977 g/mol. The third kappa shape index (κ3) is 9.58. The van der Waals surface area contributed by atoms with E-state index in [2.05, 4.69) is 64.7 Å². The van der Waals surface area contributed by atoms with Crippen molar-refractivity contribution in [2.24, 2.45) is 23.7 Å². The topological polar surface area (TPSA) is 181 Å². The van der Waals surface area contributed by atoms with Crippen LogP contribution < -0.4 is 0 Å². The number of allylic oxidation sites excluding steroid dienone is 2. The Kier molecular flexibility index (Phi) is 14.9. The summed E-state index contributed by atoms with van der Waals surface area (Å²) in [7, 11) is 0. The van der Waals surface area contributed by atoms with Gasteiger partial charge in [0, 0.05) is 43.9 Å². The zero-order valence-corrected chi connectivity index (χ0v) is 44.9. The van der Waals surface area contributed by atoms with E-state index in [-0.39, 0.29) is 103 Å². The van der Waals surface area contributed by atoms with Crippen LogP contribution >= 0.6 is 0 Å². The fraction of sp³-hybridized carbons (Fsp3) is 0.800. The van der Waals surface area contributed by atoms with Crippen molar-refractivity contribution in [3.05, 3.63) is 73.4 Å². The number of hydrogen-bond acceptors (Lipinski definition) is 16. The van der Waals surface area contributed by atoms with Crippen molar-refractivity contribution in [3.8, 4) is 0 Å². The molecular formula is C60H84O16. The molecule has 76 heavy (non-hydrogen) atoms. The standard InChI is InChI=1S/C60H84O16/c1-7-8-13-34-14-11-17-41-56(65-34)53(63)57-49(69-41)26-43-40(72-57)21-20-38-39(67-43)19-18-37-35(66-38)15-9-10-16-36-45(68-37)28-50(61)59(6)51(71-36)29-46-47(75-59)25-30(2)24-42-44(70-46)27-48-54(73-42)32(4)52(62)58-55(74-48)31(3)33(5)60(76-58)22-12-23-64-60/h7-11,13-14,18-21,30-58,61-63H,1,12,15-17,22-29H2,2-6H3/b10-9-,13-8+/t30-,31+,32+,33+,34?,35-,36+,37+,38+,39-,40-,41+,42+,43+,44-,45-,46+,47-,48+,49-,50-,51-,52+,53-,54-,55-,56+,57-,58+,59+,60-/m1/s1. The van der Waals surface area contributed by atoms with Crippen LogP contribution in [0.5, 0.6) is 0 Å². The van der Waals surface area contributed by atoms with Crippen LogP contribution in [0.25, 0.3) is 0 Å². The van der Waals surface area contributed by atoms with Gasteiger partial charge in [0.05, 0.1) is 110 Å². The quantitative estimate of drug-likeness (QED) is 0.222. The molecule has 1 spiro atoms. The van der Waals surface area contributed by atoms with Crippen molar-refractivity contribution < 1.29 is 76.9 Å². The van der Waals surface area contributed by atoms with Crippen molar-refractivity contribution in [2.45, 2.75) is 269 Å². The number of aliphatic hydroxyl groups excluding tert-OH is 3. The van der Waals surface area contributed by atoms with Crippen molar-refractivity contribution in [2.75, 3.05) is 6.61 Å². The molecule has 13 aliphatic rings. The van der Waals surface area contributed by atoms with Gasteiger partial charge >= 0.3 is 0 Å². The Hall–Kier alpha value is -2.20. The summed E-state index contributed by atoms with van der Waals surface area (Å²) in [6.07, 6.45) is 18.3. The maximum Gasteiger partial charge on any atom is 0.171 e. The molecule has 3 N–H and O–H groups in total. The lowest BCUT2D eigenvalue weighted by Crippen LogP contribution is -2.63. The maximum atomic E-state index is 12.4. The van der Waals surface area contributed by atoms with Gasteiger partial charge in [0.2, 0.25) is 0 Å². The zero-order chi connectivity index (χ0) is 52.2. The molecule has 0 aliphatic carbocycles. The molecule has 0 saturated carbocycles. The Morgan fingerprint density at radius 3 is 1.92 bits per heavy atom. The third-order valence-electron chi connectivity index (χ3n) is 20.3. The van der Waals surface area contributed by atoms with Crippen LogP contribution in [-0.2, 0) is 61.6 Å². The average molecular weight is 1060 g/mol. The van der Waals surface area contributed by atoms with E-state index in [9.17, 15) is 15.3 Å². The van der Waals surface area contributed by atoms with Crippen molar-refractivity contribution in [1.82, 2.24) is 0 Å². The lowest BCUT2D eigenvalue weighted by molar-refractivity contribution is -0.339. The third-order valence-corrected chi connectivity index (χ3v) is 20.3. The molecule has 13 aliphatic heterocycles. The van der Waals surface area contributed by atoms with Crippen molar-refractivity contribution in [3.63, 3.8) is 0 Å². The highest BCUT2D eigenvalue weighted by Crippen LogP contribution is 2.52. The Balaban J connectivity index is 0.686. The molecule has 0 aromatic carbocycles. The van der Waals surface area contributed by atoms with Gasteiger partial charge in [-0.2, -0.15) is 0 Å². The second kappa shape index (κ2) is 21.3. The van der Waals surface area contributed by atoms with Crippen LogP contribution in [0.3, 0.4) is 0 Å². The lowest BCUT2D eigenvalue weighted by Gasteiger charge is -2.53. The van der Waals surface area contributed by atoms with E-state index in [1.54, 1.807) is 6.08 Å². The molecule has 0 radical (unpaired) electrons. The predicted octanol–water partition coefficient (Wildman–Crippen LogP) is 5.83. The van der Waals surface area contributed by atoms with E-state index < -0.39 is 84.6 Å². The van der Waals surface area contributed by atoms with E-state index in [4.69, 9.17) is 61.6 Å². The normalized spacial score (nSPS) is 57.1. The summed E-state index contributed by atoms with van der Waals surface area (Å²) in [5.74, 6) is -0.482. The molecule has 13 heterocycles. The highest BCUT2D eigenvalue weighted by molar-refractivity contribution is 5.18. The monoisotopic (exact) mass is 1060 g/mol. The van der Waals surface area contributed by atoms with Crippen LogP contribution in [0.2, 0.25) is 0 Å². The van der Waals surface area contributed by atoms with E-state index in [0.29, 0.717) is 51.6 Å². The molecule has 0 aromatic heterocycles. The lowest BCUT2D eigenvalue weighted by atomic mass is 9.76. The molecule has 0 bridgehead atoms. The Labute approximate surface area is 448 Å². The van der Waals surface area contributed by atoms with E-state index in [0.717, 1.165) is 25.7 Å². The van der Waals surface area contributed by atoms with Crippen LogP contribution in [0.4, 0.5) is 0 Å². The molecule has 9 saturated heterocycles. The number of hydrogen-bond donors (Lipinski definition) is 3. The molecule has 16 nitrogen and oxygen atoms in total. The Morgan fingerprint density at radius 1 is 0.500 bits per heavy atom. The van der Waals surface area contributed by atoms with Crippen LogP contribution in [0.1, 0.15) is 105 Å². The fourth-order valence-electron chi connectivity index (χ4n) is 15.8. The minimum atomic E-state index is -1.01. The van der Waals surface area contributed by atoms with E-state index in [1.807, 2.05) is 37.3 Å². The zero-order valence-electron chi connectivity index (χ0n) is 44.9. The fourth-order valence-corrected chi connectivity index (χ4v) is 15.8. The van der Waals surface area contributed by atoms with Gasteiger partial charge in [0.25, 0.3) is 0 Å². The average Bonchev–Trinajstić information content (AvgIpc) is 3.62. The molecule has 1 unspecified atom stereocenters. The smallest absolute Gasteiger partial charge is 0.171 e. The first-order valence-corrected chi connectivity index (χ1v) is 29.3. The molecule has 16 heteroatoms. The minimum absolute atomic E-state index is 0.0983. The van der Waals surface area contributed by atoms with Gasteiger partial charge in [-0.1, -0.05) is 101 Å². The predicted molar refractivity (Wildman–Crippen MR) is 275 cm³/mol. The van der Waals surface area contributed by atoms with Gasteiger partial charge in [-0.3, -0.25) is 0 Å². The number of fused-ring (bicyclic) bond motifs is 11. The Morgan fingerprint density at radius 2 is 1.13 bits per heavy atom. The highest BCUT2D eigenvalue weighted by atomic mass is 16.7. The maximum absolute atomic E-state index is 12.4. The molecule has 420 valence electrons. The molecule has 31 atom stereocenters. The largest absolute Gasteiger partial charge is 0.390 e. The van der Waals surface area contributed by atoms with Gasteiger partial charge in [-0.15, -0.1) is 0 Å². The van der Waals surface area contributed by atoms with Crippen molar-refractivity contribution in [1.29, 1.82) is 0 Å². The molecule has 0 aromatic rings. The summed E-state index contributed by atoms with van der Waals surface area (Å²) in [6, 6.07) is 0. The first kappa shape index (κ1) is 53.1. The molecule has 0 amide bonds. The molecule has 9 fully saturated rings. The van der Waals surface area contributed by atoms with Crippen LogP contribution in [0, 0.1) is 23.7 Å². The number of rotatable bonds is 2. The Bertz CT molecular complexity index is 2230. The van der Waals surface area contributed by atoms with Crippen LogP contribution in [-0.4, -0.2) is 186 Å². The first-order valence-electron chi connectivity index (χ1n) is 29.3. The van der Waals surface area contributed by atoms with Crippen molar-refractivity contribution >= 4 is 0 Å². The van der Waals surface area contributed by atoms with Gasteiger partial charge in [-0.05, 0) is 57.3 Å². The number of aliphatic hydroxyl groups is 3. The van der Waals surface area contributed by atoms with Gasteiger partial charge in [0.1, 0.15) is 54.4 Å². The second-order valence-corrected chi connectivity index (χ2v) is 25.1. The van der Waals surface area contributed by atoms with Gasteiger partial charge in [-0.25, -0.2) is 0 Å². The minimum Gasteiger partial charge on any atom is -0.390 e. The summed E-state index contributed by atoms with van der Waals surface area (Å²) in [4.78, 5) is 0. The summed E-state index contributed by atoms with van der Waals surface area (Å²) in [5.41, 5.74) is -1.01. The highest BCUT2D eigenvalue weighted by Gasteiger charge is 2.62. The van der Waals surface area contributed by atoms with E-state index >= 15 is 0 Å².